The molecular weight excluding hydrogens is 488 g/mol. The number of rotatable bonds is 12. The number of nitrogens with one attached hydrogen (secondary N) is 1. The lowest BCUT2D eigenvalue weighted by molar-refractivity contribution is -0.137. The van der Waals surface area contributed by atoms with Crippen LogP contribution in [0.25, 0.3) is 0 Å². The number of fused-ring (bicyclic) bond motifs is 1. The first-order valence-corrected chi connectivity index (χ1v) is 13.8. The number of hydrogen-bond acceptors (Lipinski definition) is 7. The quantitative estimate of drug-likeness (QED) is 0.414. The number of urea groups is 1. The lowest BCUT2D eigenvalue weighted by Gasteiger charge is -2.45. The van der Waals surface area contributed by atoms with Gasteiger partial charge in [-0.2, -0.15) is 0 Å². The third-order valence-electron chi connectivity index (χ3n) is 8.16. The Morgan fingerprint density at radius 3 is 2.61 bits per heavy atom. The van der Waals surface area contributed by atoms with Gasteiger partial charge < -0.3 is 29.3 Å². The van der Waals surface area contributed by atoms with Crippen molar-refractivity contribution >= 4 is 17.8 Å². The maximum atomic E-state index is 13.4. The van der Waals surface area contributed by atoms with Crippen LogP contribution in [-0.2, 0) is 20.7 Å². The van der Waals surface area contributed by atoms with Gasteiger partial charge in [0.2, 0.25) is 5.91 Å². The molecule has 3 aliphatic heterocycles. The molecule has 0 bridgehead atoms. The molecule has 3 fully saturated rings. The number of piperidine rings is 2. The Balaban J connectivity index is 1.35. The van der Waals surface area contributed by atoms with Crippen molar-refractivity contribution in [1.82, 2.24) is 20.0 Å². The van der Waals surface area contributed by atoms with Gasteiger partial charge in [-0.05, 0) is 68.8 Å². The summed E-state index contributed by atoms with van der Waals surface area (Å²) in [5.74, 6) is 1.17. The van der Waals surface area contributed by atoms with Gasteiger partial charge in [-0.15, -0.1) is 0 Å². The third kappa shape index (κ3) is 6.58. The minimum atomic E-state index is -0.844. The predicted molar refractivity (Wildman–Crippen MR) is 142 cm³/mol. The summed E-state index contributed by atoms with van der Waals surface area (Å²) >= 11 is 0. The molecule has 1 aromatic carbocycles. The summed E-state index contributed by atoms with van der Waals surface area (Å²) in [6, 6.07) is 4.74. The summed E-state index contributed by atoms with van der Waals surface area (Å²) in [6.45, 7) is 4.11. The minimum Gasteiger partial charge on any atom is -0.493 e. The molecule has 3 unspecified atom stereocenters. The topological polar surface area (TPSA) is 101 Å². The number of amides is 4. The van der Waals surface area contributed by atoms with E-state index in [-0.39, 0.29) is 24.8 Å². The van der Waals surface area contributed by atoms with E-state index in [1.54, 1.807) is 27.4 Å². The predicted octanol–water partition coefficient (Wildman–Crippen LogP) is 2.30. The van der Waals surface area contributed by atoms with Gasteiger partial charge in [0.25, 0.3) is 5.91 Å². The Bertz CT molecular complexity index is 986. The number of imide groups is 1. The molecule has 3 saturated heterocycles. The maximum Gasteiger partial charge on any atom is 0.324 e. The normalized spacial score (nSPS) is 23.7. The molecule has 0 saturated carbocycles. The summed E-state index contributed by atoms with van der Waals surface area (Å²) in [5.41, 5.74) is 0.915. The number of methoxy groups -OCH3 is 3. The second-order valence-corrected chi connectivity index (χ2v) is 10.5. The van der Waals surface area contributed by atoms with Crippen LogP contribution in [0.15, 0.2) is 18.2 Å². The van der Waals surface area contributed by atoms with Crippen molar-refractivity contribution in [1.29, 1.82) is 0 Å². The first-order valence-electron chi connectivity index (χ1n) is 13.8. The first kappa shape index (κ1) is 28.2. The highest BCUT2D eigenvalue weighted by atomic mass is 16.5. The fourth-order valence-corrected chi connectivity index (χ4v) is 6.10. The number of nitrogens with zero attached hydrogens (tertiary/aromatic N) is 3. The second-order valence-electron chi connectivity index (χ2n) is 10.5. The van der Waals surface area contributed by atoms with Gasteiger partial charge in [0, 0.05) is 32.8 Å². The van der Waals surface area contributed by atoms with E-state index in [9.17, 15) is 14.4 Å². The van der Waals surface area contributed by atoms with E-state index in [0.29, 0.717) is 49.6 Å². The van der Waals surface area contributed by atoms with Crippen molar-refractivity contribution in [2.75, 3.05) is 60.7 Å². The highest BCUT2D eigenvalue weighted by Crippen LogP contribution is 2.32. The zero-order valence-corrected chi connectivity index (χ0v) is 22.9. The van der Waals surface area contributed by atoms with Gasteiger partial charge >= 0.3 is 6.03 Å². The van der Waals surface area contributed by atoms with Crippen molar-refractivity contribution in [3.05, 3.63) is 23.8 Å². The van der Waals surface area contributed by atoms with Crippen LogP contribution in [0.2, 0.25) is 0 Å². The molecule has 3 heterocycles. The van der Waals surface area contributed by atoms with E-state index in [1.807, 2.05) is 17.0 Å². The molecule has 0 aliphatic carbocycles. The lowest BCUT2D eigenvalue weighted by Crippen LogP contribution is -2.52. The van der Waals surface area contributed by atoms with Crippen molar-refractivity contribution in [2.45, 2.75) is 57.0 Å². The van der Waals surface area contributed by atoms with Gasteiger partial charge in [-0.1, -0.05) is 12.5 Å². The number of ether oxygens (including phenoxy) is 3. The highest BCUT2D eigenvalue weighted by Gasteiger charge is 2.40. The van der Waals surface area contributed by atoms with Crippen LogP contribution >= 0.6 is 0 Å². The van der Waals surface area contributed by atoms with Gasteiger partial charge in [-0.3, -0.25) is 14.5 Å². The minimum absolute atomic E-state index is 0.0394. The lowest BCUT2D eigenvalue weighted by atomic mass is 9.83. The van der Waals surface area contributed by atoms with Crippen molar-refractivity contribution in [3.8, 4) is 11.5 Å². The average molecular weight is 531 g/mol. The fraction of sp³-hybridized carbons (Fsp3) is 0.679. The van der Waals surface area contributed by atoms with Gasteiger partial charge in [0.05, 0.1) is 27.2 Å². The third-order valence-corrected chi connectivity index (χ3v) is 8.16. The highest BCUT2D eigenvalue weighted by molar-refractivity contribution is 6.05. The molecular formula is C28H42N4O6. The smallest absolute Gasteiger partial charge is 0.324 e. The molecule has 210 valence electrons. The first-order chi connectivity index (χ1) is 18.4. The summed E-state index contributed by atoms with van der Waals surface area (Å²) < 4.78 is 15.9. The molecule has 0 spiro atoms. The Morgan fingerprint density at radius 2 is 1.84 bits per heavy atom. The maximum absolute atomic E-state index is 13.4. The van der Waals surface area contributed by atoms with E-state index < -0.39 is 12.1 Å². The molecule has 38 heavy (non-hydrogen) atoms. The molecule has 3 atom stereocenters. The largest absolute Gasteiger partial charge is 0.493 e. The summed E-state index contributed by atoms with van der Waals surface area (Å²) in [6.07, 6.45) is 6.37. The van der Waals surface area contributed by atoms with Crippen LogP contribution in [0.3, 0.4) is 0 Å². The Morgan fingerprint density at radius 1 is 1.05 bits per heavy atom. The van der Waals surface area contributed by atoms with Crippen molar-refractivity contribution in [3.63, 3.8) is 0 Å². The number of carbonyl (C=O) groups is 3. The zero-order valence-electron chi connectivity index (χ0n) is 22.9. The van der Waals surface area contributed by atoms with E-state index in [0.717, 1.165) is 31.5 Å². The van der Waals surface area contributed by atoms with Crippen LogP contribution < -0.4 is 14.8 Å². The fourth-order valence-electron chi connectivity index (χ4n) is 6.10. The molecule has 4 rings (SSSR count). The standard InChI is InChI=1S/C28H42N4O6/c1-36-16-15-31(19-21-7-6-13-30-12-5-4-8-23(21)30)26(33)18-22-27(34)32(28(35)29-22)14-11-20-9-10-24(37-2)25(17-20)38-3/h9-10,17,21-23H,4-8,11-16,18-19H2,1-3H3,(H,29,35). The Hall–Kier alpha value is -2.85. The van der Waals surface area contributed by atoms with Crippen molar-refractivity contribution in [2.24, 2.45) is 5.92 Å². The van der Waals surface area contributed by atoms with Gasteiger partial charge in [0.1, 0.15) is 6.04 Å². The van der Waals surface area contributed by atoms with Crippen LogP contribution in [0.4, 0.5) is 4.79 Å². The van der Waals surface area contributed by atoms with Crippen LogP contribution in [0, 0.1) is 5.92 Å². The average Bonchev–Trinajstić information content (AvgIpc) is 3.20. The summed E-state index contributed by atoms with van der Waals surface area (Å²) in [7, 11) is 4.77. The molecule has 3 aliphatic rings. The van der Waals surface area contributed by atoms with Crippen LogP contribution in [-0.4, -0.2) is 105 Å². The van der Waals surface area contributed by atoms with E-state index in [4.69, 9.17) is 14.2 Å². The Kier molecular flexibility index (Phi) is 9.85. The zero-order chi connectivity index (χ0) is 27.1. The number of carbonyl (C=O) groups excluding carboxylic acids is 3. The molecule has 10 heteroatoms. The summed E-state index contributed by atoms with van der Waals surface area (Å²) in [4.78, 5) is 44.8. The second kappa shape index (κ2) is 13.3. The van der Waals surface area contributed by atoms with Crippen LogP contribution in [0.5, 0.6) is 11.5 Å². The Labute approximate surface area is 225 Å². The van der Waals surface area contributed by atoms with E-state index in [2.05, 4.69) is 10.2 Å². The van der Waals surface area contributed by atoms with E-state index in [1.165, 1.54) is 24.2 Å². The van der Waals surface area contributed by atoms with Crippen LogP contribution in [0.1, 0.15) is 44.1 Å². The molecule has 4 amide bonds. The van der Waals surface area contributed by atoms with Gasteiger partial charge in [-0.25, -0.2) is 4.79 Å². The SMILES string of the molecule is COCCN(CC1CCCN2CCCCC12)C(=O)CC1NC(=O)N(CCc2ccc(OC)c(OC)c2)C1=O. The summed E-state index contributed by atoms with van der Waals surface area (Å²) in [5, 5.41) is 2.73. The molecule has 0 radical (unpaired) electrons. The molecule has 0 aromatic heterocycles. The van der Waals surface area contributed by atoms with E-state index >= 15 is 0 Å². The number of benzene rings is 1. The molecule has 1 aromatic rings. The van der Waals surface area contributed by atoms with Gasteiger partial charge in [0.15, 0.2) is 11.5 Å². The molecule has 1 N–H and O–H groups in total. The number of hydrogen-bond donors (Lipinski definition) is 1. The van der Waals surface area contributed by atoms with Crippen molar-refractivity contribution < 1.29 is 28.6 Å². The monoisotopic (exact) mass is 530 g/mol. The molecule has 10 nitrogen and oxygen atoms in total.